The van der Waals surface area contributed by atoms with Gasteiger partial charge in [0.2, 0.25) is 0 Å². The van der Waals surface area contributed by atoms with Gasteiger partial charge in [0.1, 0.15) is 5.75 Å². The first-order chi connectivity index (χ1) is 14.5. The number of hydrogen-bond donors (Lipinski definition) is 1. The minimum absolute atomic E-state index is 0.0504. The molecule has 0 heterocycles. The zero-order chi connectivity index (χ0) is 21.3. The summed E-state index contributed by atoms with van der Waals surface area (Å²) in [6, 6.07) is 24.0. The molecule has 0 radical (unpaired) electrons. The van der Waals surface area contributed by atoms with E-state index in [4.69, 9.17) is 9.47 Å². The third-order valence-corrected chi connectivity index (χ3v) is 5.01. The van der Waals surface area contributed by atoms with E-state index in [0.717, 1.165) is 9.79 Å². The first kappa shape index (κ1) is 21.5. The van der Waals surface area contributed by atoms with E-state index in [1.165, 1.54) is 0 Å². The molecule has 0 spiro atoms. The second-order valence-electron chi connectivity index (χ2n) is 6.73. The van der Waals surface area contributed by atoms with Crippen LogP contribution in [0.4, 0.5) is 5.69 Å². The molecule has 154 valence electrons. The second kappa shape index (κ2) is 10.5. The zero-order valence-electron chi connectivity index (χ0n) is 16.8. The Hall–Kier alpha value is -3.25. The van der Waals surface area contributed by atoms with Crippen molar-refractivity contribution in [2.24, 2.45) is 0 Å². The fraction of sp³-hybridized carbons (Fsp3) is 0.167. The quantitative estimate of drug-likeness (QED) is 0.492. The van der Waals surface area contributed by atoms with Crippen molar-refractivity contribution in [3.63, 3.8) is 0 Å². The van der Waals surface area contributed by atoms with Crippen molar-refractivity contribution in [3.8, 4) is 5.75 Å². The van der Waals surface area contributed by atoms with Gasteiger partial charge in [-0.1, -0.05) is 42.1 Å². The Morgan fingerprint density at radius 1 is 0.900 bits per heavy atom. The summed E-state index contributed by atoms with van der Waals surface area (Å²) in [6.07, 6.45) is 0.0504. The Bertz CT molecular complexity index is 988. The van der Waals surface area contributed by atoms with Crippen LogP contribution in [0.5, 0.6) is 5.75 Å². The number of esters is 1. The van der Waals surface area contributed by atoms with Crippen molar-refractivity contribution in [2.75, 3.05) is 11.9 Å². The fourth-order valence-corrected chi connectivity index (χ4v) is 3.54. The summed E-state index contributed by atoms with van der Waals surface area (Å²) in [5, 5.41) is 2.81. The van der Waals surface area contributed by atoms with Crippen LogP contribution in [0.15, 0.2) is 88.7 Å². The van der Waals surface area contributed by atoms with Gasteiger partial charge in [-0.3, -0.25) is 4.79 Å². The molecule has 30 heavy (non-hydrogen) atoms. The molecule has 0 saturated carbocycles. The van der Waals surface area contributed by atoms with E-state index in [9.17, 15) is 9.59 Å². The van der Waals surface area contributed by atoms with Crippen LogP contribution in [0.25, 0.3) is 0 Å². The molecule has 0 aliphatic carbocycles. The molecule has 1 amide bonds. The van der Waals surface area contributed by atoms with Crippen LogP contribution in [0.3, 0.4) is 0 Å². The summed E-state index contributed by atoms with van der Waals surface area (Å²) in [5.74, 6) is -0.288. The third-order valence-electron chi connectivity index (χ3n) is 3.93. The summed E-state index contributed by atoms with van der Waals surface area (Å²) in [6.45, 7) is 3.49. The summed E-state index contributed by atoms with van der Waals surface area (Å²) in [4.78, 5) is 26.5. The molecule has 0 aliphatic heterocycles. The number of carbonyl (C=O) groups is 2. The Morgan fingerprint density at radius 3 is 2.27 bits per heavy atom. The fourth-order valence-electron chi connectivity index (χ4n) is 2.62. The number of carbonyl (C=O) groups excluding carboxylic acids is 2. The molecule has 3 aromatic rings. The highest BCUT2D eigenvalue weighted by molar-refractivity contribution is 7.99. The molecule has 0 bridgehead atoms. The standard InChI is InChI=1S/C24H23NO4S/c1-17(2)29-19-14-12-18(13-15-19)24(27)28-16-23(26)25-21-10-6-7-11-22(21)30-20-8-4-3-5-9-20/h3-15,17H,16H2,1-2H3,(H,25,26). The highest BCUT2D eigenvalue weighted by atomic mass is 32.2. The van der Waals surface area contributed by atoms with Gasteiger partial charge in [0.05, 0.1) is 17.4 Å². The SMILES string of the molecule is CC(C)Oc1ccc(C(=O)OCC(=O)Nc2ccccc2Sc2ccccc2)cc1. The van der Waals surface area contributed by atoms with E-state index in [-0.39, 0.29) is 12.7 Å². The second-order valence-corrected chi connectivity index (χ2v) is 7.84. The summed E-state index contributed by atoms with van der Waals surface area (Å²) < 4.78 is 10.7. The van der Waals surface area contributed by atoms with Crippen LogP contribution in [0.2, 0.25) is 0 Å². The average molecular weight is 422 g/mol. The first-order valence-corrected chi connectivity index (χ1v) is 10.4. The predicted molar refractivity (Wildman–Crippen MR) is 118 cm³/mol. The molecule has 6 heteroatoms. The summed E-state index contributed by atoms with van der Waals surface area (Å²) >= 11 is 1.55. The van der Waals surface area contributed by atoms with Gasteiger partial charge in [0.15, 0.2) is 6.61 Å². The van der Waals surface area contributed by atoms with Gasteiger partial charge in [-0.25, -0.2) is 4.79 Å². The first-order valence-electron chi connectivity index (χ1n) is 9.57. The maximum Gasteiger partial charge on any atom is 0.338 e. The lowest BCUT2D eigenvalue weighted by Gasteiger charge is -2.11. The van der Waals surface area contributed by atoms with Crippen molar-refractivity contribution in [1.29, 1.82) is 0 Å². The molecular formula is C24H23NO4S. The van der Waals surface area contributed by atoms with Crippen LogP contribution in [-0.4, -0.2) is 24.6 Å². The lowest BCUT2D eigenvalue weighted by Crippen LogP contribution is -2.21. The normalized spacial score (nSPS) is 10.5. The van der Waals surface area contributed by atoms with Crippen LogP contribution in [0, 0.1) is 0 Å². The Kier molecular flexibility index (Phi) is 7.51. The van der Waals surface area contributed by atoms with Crippen molar-refractivity contribution in [3.05, 3.63) is 84.4 Å². The van der Waals surface area contributed by atoms with Gasteiger partial charge in [-0.05, 0) is 62.4 Å². The van der Waals surface area contributed by atoms with Crippen molar-refractivity contribution < 1.29 is 19.1 Å². The monoisotopic (exact) mass is 421 g/mol. The average Bonchev–Trinajstić information content (AvgIpc) is 2.74. The van der Waals surface area contributed by atoms with Gasteiger partial charge < -0.3 is 14.8 Å². The maximum absolute atomic E-state index is 12.3. The topological polar surface area (TPSA) is 64.6 Å². The molecule has 0 unspecified atom stereocenters. The molecule has 0 aliphatic rings. The van der Waals surface area contributed by atoms with Gasteiger partial charge in [-0.15, -0.1) is 0 Å². The number of ether oxygens (including phenoxy) is 2. The van der Waals surface area contributed by atoms with Crippen LogP contribution < -0.4 is 10.1 Å². The van der Waals surface area contributed by atoms with Gasteiger partial charge in [0.25, 0.3) is 5.91 Å². The number of benzene rings is 3. The molecule has 1 N–H and O–H groups in total. The van der Waals surface area contributed by atoms with E-state index in [1.54, 1.807) is 36.0 Å². The van der Waals surface area contributed by atoms with Crippen molar-refractivity contribution in [1.82, 2.24) is 0 Å². The van der Waals surface area contributed by atoms with E-state index >= 15 is 0 Å². The number of hydrogen-bond acceptors (Lipinski definition) is 5. The molecule has 5 nitrogen and oxygen atoms in total. The van der Waals surface area contributed by atoms with E-state index in [0.29, 0.717) is 17.0 Å². The Balaban J connectivity index is 1.55. The Morgan fingerprint density at radius 2 is 1.57 bits per heavy atom. The molecule has 0 aromatic heterocycles. The van der Waals surface area contributed by atoms with Gasteiger partial charge in [0, 0.05) is 9.79 Å². The Labute approximate surface area is 180 Å². The van der Waals surface area contributed by atoms with Crippen LogP contribution in [0.1, 0.15) is 24.2 Å². The zero-order valence-corrected chi connectivity index (χ0v) is 17.6. The summed E-state index contributed by atoms with van der Waals surface area (Å²) in [7, 11) is 0. The number of amides is 1. The molecule has 3 rings (SSSR count). The molecule has 0 fully saturated rings. The minimum atomic E-state index is -0.562. The number of anilines is 1. The van der Waals surface area contributed by atoms with Gasteiger partial charge in [-0.2, -0.15) is 0 Å². The number of rotatable bonds is 8. The number of para-hydroxylation sites is 1. The van der Waals surface area contributed by atoms with E-state index < -0.39 is 11.9 Å². The highest BCUT2D eigenvalue weighted by Crippen LogP contribution is 2.33. The number of nitrogens with one attached hydrogen (secondary N) is 1. The molecule has 3 aromatic carbocycles. The van der Waals surface area contributed by atoms with Gasteiger partial charge >= 0.3 is 5.97 Å². The minimum Gasteiger partial charge on any atom is -0.491 e. The van der Waals surface area contributed by atoms with E-state index in [1.807, 2.05) is 68.4 Å². The molecular weight excluding hydrogens is 398 g/mol. The van der Waals surface area contributed by atoms with E-state index in [2.05, 4.69) is 5.32 Å². The smallest absolute Gasteiger partial charge is 0.338 e. The largest absolute Gasteiger partial charge is 0.491 e. The summed E-state index contributed by atoms with van der Waals surface area (Å²) in [5.41, 5.74) is 1.03. The van der Waals surface area contributed by atoms with Crippen molar-refractivity contribution >= 4 is 29.3 Å². The lowest BCUT2D eigenvalue weighted by molar-refractivity contribution is -0.119. The molecule has 0 saturated heterocycles. The molecule has 0 atom stereocenters. The van der Waals surface area contributed by atoms with Crippen LogP contribution >= 0.6 is 11.8 Å². The third kappa shape index (κ3) is 6.39. The van der Waals surface area contributed by atoms with Crippen molar-refractivity contribution in [2.45, 2.75) is 29.7 Å². The lowest BCUT2D eigenvalue weighted by atomic mass is 10.2. The highest BCUT2D eigenvalue weighted by Gasteiger charge is 2.12. The predicted octanol–water partition coefficient (Wildman–Crippen LogP) is 5.42. The van der Waals surface area contributed by atoms with Crippen LogP contribution in [-0.2, 0) is 9.53 Å². The maximum atomic E-state index is 12.3.